The Hall–Kier alpha value is -2.11. The van der Waals surface area contributed by atoms with Gasteiger partial charge in [-0.05, 0) is 54.3 Å². The standard InChI is InChI=1S/C23H31FN2O2/c1-17(2)22-9-4-18(3)14-23(22)28-16-21(27)15-25-10-12-26(13-11-25)20-7-5-19(24)6-8-20/h4-9,14,17,21,27H,10-13,15-16H2,1-3H3/t21-/m1/s1. The van der Waals surface area contributed by atoms with E-state index in [0.717, 1.165) is 43.2 Å². The van der Waals surface area contributed by atoms with E-state index in [1.807, 2.05) is 25.1 Å². The fourth-order valence-corrected chi connectivity index (χ4v) is 3.62. The molecule has 152 valence electrons. The average molecular weight is 387 g/mol. The largest absolute Gasteiger partial charge is 0.491 e. The number of aryl methyl sites for hydroxylation is 1. The van der Waals surface area contributed by atoms with Crippen molar-refractivity contribution in [2.45, 2.75) is 32.8 Å². The van der Waals surface area contributed by atoms with E-state index in [9.17, 15) is 9.50 Å². The number of rotatable bonds is 7. The van der Waals surface area contributed by atoms with Gasteiger partial charge >= 0.3 is 0 Å². The van der Waals surface area contributed by atoms with Crippen LogP contribution >= 0.6 is 0 Å². The highest BCUT2D eigenvalue weighted by Crippen LogP contribution is 2.27. The van der Waals surface area contributed by atoms with Crippen molar-refractivity contribution in [1.82, 2.24) is 4.90 Å². The predicted octanol–water partition coefficient (Wildman–Crippen LogP) is 3.82. The van der Waals surface area contributed by atoms with Crippen LogP contribution in [0.3, 0.4) is 0 Å². The molecule has 0 aliphatic carbocycles. The first kappa shape index (κ1) is 20.6. The first-order chi connectivity index (χ1) is 13.4. The molecule has 0 aromatic heterocycles. The molecule has 0 unspecified atom stereocenters. The van der Waals surface area contributed by atoms with Gasteiger partial charge in [-0.15, -0.1) is 0 Å². The maximum absolute atomic E-state index is 13.1. The zero-order chi connectivity index (χ0) is 20.1. The molecule has 1 aliphatic rings. The van der Waals surface area contributed by atoms with Crippen LogP contribution in [0, 0.1) is 12.7 Å². The molecule has 1 aliphatic heterocycles. The summed E-state index contributed by atoms with van der Waals surface area (Å²) in [6, 6.07) is 12.9. The van der Waals surface area contributed by atoms with E-state index in [0.29, 0.717) is 19.1 Å². The highest BCUT2D eigenvalue weighted by molar-refractivity contribution is 5.46. The number of benzene rings is 2. The van der Waals surface area contributed by atoms with Crippen LogP contribution in [-0.2, 0) is 0 Å². The highest BCUT2D eigenvalue weighted by Gasteiger charge is 2.20. The molecule has 5 heteroatoms. The number of piperazine rings is 1. The van der Waals surface area contributed by atoms with E-state index in [1.54, 1.807) is 0 Å². The van der Waals surface area contributed by atoms with Gasteiger partial charge in [0.05, 0.1) is 0 Å². The lowest BCUT2D eigenvalue weighted by Gasteiger charge is -2.36. The van der Waals surface area contributed by atoms with Crippen LogP contribution in [0.15, 0.2) is 42.5 Å². The Morgan fingerprint density at radius 3 is 2.36 bits per heavy atom. The normalized spacial score (nSPS) is 16.4. The van der Waals surface area contributed by atoms with Crippen LogP contribution in [0.2, 0.25) is 0 Å². The summed E-state index contributed by atoms with van der Waals surface area (Å²) in [4.78, 5) is 4.51. The van der Waals surface area contributed by atoms with Crippen molar-refractivity contribution in [3.63, 3.8) is 0 Å². The Morgan fingerprint density at radius 1 is 1.04 bits per heavy atom. The third-order valence-electron chi connectivity index (χ3n) is 5.26. The molecule has 0 radical (unpaired) electrons. The van der Waals surface area contributed by atoms with Crippen molar-refractivity contribution in [1.29, 1.82) is 0 Å². The number of ether oxygens (including phenoxy) is 1. The van der Waals surface area contributed by atoms with Crippen molar-refractivity contribution in [3.05, 3.63) is 59.4 Å². The fourth-order valence-electron chi connectivity index (χ4n) is 3.62. The number of nitrogens with zero attached hydrogens (tertiary/aromatic N) is 2. The third-order valence-corrected chi connectivity index (χ3v) is 5.26. The lowest BCUT2D eigenvalue weighted by molar-refractivity contribution is 0.0659. The van der Waals surface area contributed by atoms with E-state index in [-0.39, 0.29) is 5.82 Å². The van der Waals surface area contributed by atoms with Crippen molar-refractivity contribution in [2.24, 2.45) is 0 Å². The Labute approximate surface area is 167 Å². The summed E-state index contributed by atoms with van der Waals surface area (Å²) in [5.41, 5.74) is 3.38. The number of anilines is 1. The number of aliphatic hydroxyl groups is 1. The molecule has 1 N–H and O–H groups in total. The van der Waals surface area contributed by atoms with Crippen LogP contribution in [0.1, 0.15) is 30.9 Å². The van der Waals surface area contributed by atoms with Crippen LogP contribution in [-0.4, -0.2) is 55.4 Å². The fraction of sp³-hybridized carbons (Fsp3) is 0.478. The summed E-state index contributed by atoms with van der Waals surface area (Å²) in [6.45, 7) is 10.7. The molecule has 0 saturated carbocycles. The molecule has 0 bridgehead atoms. The minimum Gasteiger partial charge on any atom is -0.491 e. The zero-order valence-electron chi connectivity index (χ0n) is 17.1. The molecular formula is C23H31FN2O2. The summed E-state index contributed by atoms with van der Waals surface area (Å²) in [7, 11) is 0. The van der Waals surface area contributed by atoms with Gasteiger partial charge in [0.25, 0.3) is 0 Å². The maximum atomic E-state index is 13.1. The second kappa shape index (κ2) is 9.39. The first-order valence-corrected chi connectivity index (χ1v) is 10.1. The summed E-state index contributed by atoms with van der Waals surface area (Å²) < 4.78 is 19.0. The second-order valence-corrected chi connectivity index (χ2v) is 7.92. The lowest BCUT2D eigenvalue weighted by atomic mass is 10.0. The molecule has 2 aromatic carbocycles. The van der Waals surface area contributed by atoms with E-state index in [2.05, 4.69) is 35.8 Å². The number of hydrogen-bond donors (Lipinski definition) is 1. The molecule has 1 atom stereocenters. The molecule has 1 heterocycles. The average Bonchev–Trinajstić information content (AvgIpc) is 2.67. The Bertz CT molecular complexity index is 756. The van der Waals surface area contributed by atoms with Crippen molar-refractivity contribution >= 4 is 5.69 Å². The molecule has 0 spiro atoms. The Morgan fingerprint density at radius 2 is 1.71 bits per heavy atom. The highest BCUT2D eigenvalue weighted by atomic mass is 19.1. The summed E-state index contributed by atoms with van der Waals surface area (Å²) in [5, 5.41) is 10.5. The Kier molecular flexibility index (Phi) is 6.92. The smallest absolute Gasteiger partial charge is 0.123 e. The number of β-amino-alcohol motifs (C(OH)–C–C–N with tert-alkyl or cyclic N) is 1. The first-order valence-electron chi connectivity index (χ1n) is 10.1. The monoisotopic (exact) mass is 386 g/mol. The van der Waals surface area contributed by atoms with Gasteiger partial charge in [-0.25, -0.2) is 4.39 Å². The minimum atomic E-state index is -0.530. The summed E-state index contributed by atoms with van der Waals surface area (Å²) in [5.74, 6) is 1.04. The maximum Gasteiger partial charge on any atom is 0.123 e. The molecular weight excluding hydrogens is 355 g/mol. The molecule has 0 amide bonds. The van der Waals surface area contributed by atoms with Crippen molar-refractivity contribution in [3.8, 4) is 5.75 Å². The topological polar surface area (TPSA) is 35.9 Å². The molecule has 4 nitrogen and oxygen atoms in total. The van der Waals surface area contributed by atoms with E-state index >= 15 is 0 Å². The third kappa shape index (κ3) is 5.46. The lowest BCUT2D eigenvalue weighted by Crippen LogP contribution is -2.49. The van der Waals surface area contributed by atoms with Crippen LogP contribution in [0.5, 0.6) is 5.75 Å². The van der Waals surface area contributed by atoms with Gasteiger partial charge in [-0.1, -0.05) is 26.0 Å². The molecule has 2 aromatic rings. The van der Waals surface area contributed by atoms with Crippen molar-refractivity contribution in [2.75, 3.05) is 44.2 Å². The van der Waals surface area contributed by atoms with Crippen molar-refractivity contribution < 1.29 is 14.2 Å². The van der Waals surface area contributed by atoms with Crippen LogP contribution < -0.4 is 9.64 Å². The predicted molar refractivity (Wildman–Crippen MR) is 112 cm³/mol. The van der Waals surface area contributed by atoms with Gasteiger partial charge in [-0.3, -0.25) is 4.90 Å². The molecule has 1 fully saturated rings. The summed E-state index contributed by atoms with van der Waals surface area (Å²) in [6.07, 6.45) is -0.530. The zero-order valence-corrected chi connectivity index (χ0v) is 17.1. The van der Waals surface area contributed by atoms with Gasteiger partial charge in [0.2, 0.25) is 0 Å². The molecule has 28 heavy (non-hydrogen) atoms. The van der Waals surface area contributed by atoms with Gasteiger partial charge in [0.15, 0.2) is 0 Å². The van der Waals surface area contributed by atoms with Gasteiger partial charge in [0.1, 0.15) is 24.3 Å². The number of hydrogen-bond acceptors (Lipinski definition) is 4. The van der Waals surface area contributed by atoms with E-state index in [1.165, 1.54) is 17.7 Å². The number of aliphatic hydroxyl groups excluding tert-OH is 1. The summed E-state index contributed by atoms with van der Waals surface area (Å²) >= 11 is 0. The molecule has 3 rings (SSSR count). The van der Waals surface area contributed by atoms with Crippen LogP contribution in [0.25, 0.3) is 0 Å². The SMILES string of the molecule is Cc1ccc(C(C)C)c(OC[C@H](O)CN2CCN(c3ccc(F)cc3)CC2)c1. The number of halogens is 1. The minimum absolute atomic E-state index is 0.209. The van der Waals surface area contributed by atoms with Gasteiger partial charge in [0, 0.05) is 38.4 Å². The molecule has 1 saturated heterocycles. The van der Waals surface area contributed by atoms with Gasteiger partial charge in [-0.2, -0.15) is 0 Å². The van der Waals surface area contributed by atoms with Crippen LogP contribution in [0.4, 0.5) is 10.1 Å². The Balaban J connectivity index is 1.47. The quantitative estimate of drug-likeness (QED) is 0.785. The van der Waals surface area contributed by atoms with Gasteiger partial charge < -0.3 is 14.7 Å². The van der Waals surface area contributed by atoms with E-state index in [4.69, 9.17) is 4.74 Å². The van der Waals surface area contributed by atoms with E-state index < -0.39 is 6.10 Å². The second-order valence-electron chi connectivity index (χ2n) is 7.92.